The van der Waals surface area contributed by atoms with Crippen LogP contribution in [0.3, 0.4) is 0 Å². The fourth-order valence-electron chi connectivity index (χ4n) is 1.71. The minimum absolute atomic E-state index is 0.698. The number of aldehydes is 1. The third-order valence-corrected chi connectivity index (χ3v) is 8.41. The molecular formula is C12H20N2OSi2. The van der Waals surface area contributed by atoms with Crippen LogP contribution in [0.25, 0.3) is 0 Å². The molecular weight excluding hydrogens is 244 g/mol. The minimum atomic E-state index is -0.877. The van der Waals surface area contributed by atoms with Gasteiger partial charge in [0.2, 0.25) is 0 Å². The Morgan fingerprint density at radius 1 is 1.12 bits per heavy atom. The highest BCUT2D eigenvalue weighted by Gasteiger charge is 2.11. The predicted molar refractivity (Wildman–Crippen MR) is 79.0 cm³/mol. The Kier molecular flexibility index (Phi) is 5.31. The van der Waals surface area contributed by atoms with Gasteiger partial charge >= 0.3 is 0 Å². The SMILES string of the molecule is C[SiH](C)N(N=Cc1cccc(C=O)c1)[SiH](C)C. The molecule has 0 bridgehead atoms. The van der Waals surface area contributed by atoms with Crippen LogP contribution in [-0.4, -0.2) is 34.8 Å². The molecule has 1 aromatic carbocycles. The van der Waals surface area contributed by atoms with E-state index in [2.05, 4.69) is 35.6 Å². The van der Waals surface area contributed by atoms with Gasteiger partial charge in [0, 0.05) is 5.56 Å². The van der Waals surface area contributed by atoms with Crippen molar-refractivity contribution in [3.8, 4) is 0 Å². The highest BCUT2D eigenvalue weighted by molar-refractivity contribution is 6.69. The molecule has 0 aromatic heterocycles. The van der Waals surface area contributed by atoms with Crippen molar-refractivity contribution in [3.63, 3.8) is 0 Å². The Balaban J connectivity index is 2.84. The van der Waals surface area contributed by atoms with Crippen LogP contribution in [0.2, 0.25) is 26.2 Å². The van der Waals surface area contributed by atoms with Crippen molar-refractivity contribution in [1.82, 2.24) is 4.34 Å². The first kappa shape index (κ1) is 13.9. The standard InChI is InChI=1S/C12H20N2OSi2/c1-16(2)14(17(3)4)13-9-11-6-5-7-12(8-11)10-15/h5-10,16-17H,1-4H3. The lowest BCUT2D eigenvalue weighted by Gasteiger charge is -2.26. The van der Waals surface area contributed by atoms with E-state index in [4.69, 9.17) is 0 Å². The summed E-state index contributed by atoms with van der Waals surface area (Å²) in [4.78, 5) is 10.7. The van der Waals surface area contributed by atoms with Crippen LogP contribution >= 0.6 is 0 Å². The second-order valence-electron chi connectivity index (χ2n) is 4.60. The molecule has 0 unspecified atom stereocenters. The minimum Gasteiger partial charge on any atom is -0.355 e. The molecule has 1 rings (SSSR count). The van der Waals surface area contributed by atoms with Crippen LogP contribution in [0.15, 0.2) is 29.4 Å². The molecule has 0 aliphatic rings. The monoisotopic (exact) mass is 264 g/mol. The number of hydrogen-bond acceptors (Lipinski definition) is 3. The van der Waals surface area contributed by atoms with E-state index in [1.54, 1.807) is 6.07 Å². The van der Waals surface area contributed by atoms with E-state index in [9.17, 15) is 4.79 Å². The number of benzene rings is 1. The molecule has 1 aromatic rings. The number of carbonyl (C=O) groups is 1. The van der Waals surface area contributed by atoms with E-state index in [1.165, 1.54) is 0 Å². The van der Waals surface area contributed by atoms with Crippen LogP contribution in [0.5, 0.6) is 0 Å². The third kappa shape index (κ3) is 4.28. The number of rotatable bonds is 5. The van der Waals surface area contributed by atoms with Gasteiger partial charge in [-0.15, -0.1) is 0 Å². The van der Waals surface area contributed by atoms with Gasteiger partial charge in [0.1, 0.15) is 24.2 Å². The molecule has 17 heavy (non-hydrogen) atoms. The van der Waals surface area contributed by atoms with Crippen LogP contribution in [0.1, 0.15) is 15.9 Å². The lowest BCUT2D eigenvalue weighted by molar-refractivity contribution is 0.112. The van der Waals surface area contributed by atoms with Crippen molar-refractivity contribution < 1.29 is 4.79 Å². The molecule has 0 aliphatic carbocycles. The number of hydrogen-bond donors (Lipinski definition) is 0. The third-order valence-electron chi connectivity index (χ3n) is 2.45. The number of carbonyl (C=O) groups excluding carboxylic acids is 1. The van der Waals surface area contributed by atoms with Crippen molar-refractivity contribution in [2.45, 2.75) is 26.2 Å². The van der Waals surface area contributed by atoms with Crippen molar-refractivity contribution in [3.05, 3.63) is 35.4 Å². The van der Waals surface area contributed by atoms with Gasteiger partial charge in [0.05, 0.1) is 6.21 Å². The van der Waals surface area contributed by atoms with Gasteiger partial charge in [-0.3, -0.25) is 4.79 Å². The molecule has 92 valence electrons. The van der Waals surface area contributed by atoms with Crippen LogP contribution < -0.4 is 0 Å². The van der Waals surface area contributed by atoms with Crippen molar-refractivity contribution in [2.24, 2.45) is 5.10 Å². The Labute approximate surface area is 107 Å². The number of hydrazone groups is 1. The highest BCUT2D eigenvalue weighted by Crippen LogP contribution is 2.04. The van der Waals surface area contributed by atoms with Gasteiger partial charge in [-0.05, 0) is 11.6 Å². The zero-order chi connectivity index (χ0) is 12.8. The average molecular weight is 264 g/mol. The maximum absolute atomic E-state index is 10.7. The Morgan fingerprint density at radius 3 is 2.24 bits per heavy atom. The second-order valence-corrected chi connectivity index (χ2v) is 10.6. The first-order chi connectivity index (χ1) is 8.04. The van der Waals surface area contributed by atoms with Crippen LogP contribution in [-0.2, 0) is 0 Å². The molecule has 0 saturated carbocycles. The second kappa shape index (κ2) is 6.51. The maximum Gasteiger partial charge on any atom is 0.150 e. The summed E-state index contributed by atoms with van der Waals surface area (Å²) < 4.78 is 2.31. The summed E-state index contributed by atoms with van der Waals surface area (Å²) in [5.74, 6) is 0. The lowest BCUT2D eigenvalue weighted by Crippen LogP contribution is -2.38. The molecule has 0 spiro atoms. The fraction of sp³-hybridized carbons (Fsp3) is 0.333. The first-order valence-corrected chi connectivity index (χ1v) is 11.6. The Morgan fingerprint density at radius 2 is 1.71 bits per heavy atom. The molecule has 0 aliphatic heterocycles. The molecule has 0 atom stereocenters. The lowest BCUT2D eigenvalue weighted by atomic mass is 10.1. The molecule has 0 N–H and O–H groups in total. The van der Waals surface area contributed by atoms with E-state index >= 15 is 0 Å². The van der Waals surface area contributed by atoms with Gasteiger partial charge < -0.3 is 4.34 Å². The van der Waals surface area contributed by atoms with E-state index in [0.717, 1.165) is 11.8 Å². The Hall–Kier alpha value is -1.21. The van der Waals surface area contributed by atoms with Crippen LogP contribution in [0.4, 0.5) is 0 Å². The molecule has 0 radical (unpaired) electrons. The quantitative estimate of drug-likeness (QED) is 0.353. The average Bonchev–Trinajstić information content (AvgIpc) is 2.28. The highest BCUT2D eigenvalue weighted by atomic mass is 28.3. The van der Waals surface area contributed by atoms with Crippen LogP contribution in [0, 0.1) is 0 Å². The molecule has 5 heteroatoms. The fourth-order valence-corrected chi connectivity index (χ4v) is 7.15. The van der Waals surface area contributed by atoms with Gasteiger partial charge in [-0.2, -0.15) is 0 Å². The van der Waals surface area contributed by atoms with Crippen molar-refractivity contribution in [2.75, 3.05) is 0 Å². The Bertz CT molecular complexity index is 397. The summed E-state index contributed by atoms with van der Waals surface area (Å²) >= 11 is 0. The van der Waals surface area contributed by atoms with Crippen molar-refractivity contribution >= 4 is 30.4 Å². The van der Waals surface area contributed by atoms with Gasteiger partial charge in [0.25, 0.3) is 0 Å². The maximum atomic E-state index is 10.7. The summed E-state index contributed by atoms with van der Waals surface area (Å²) in [6.07, 6.45) is 2.73. The molecule has 0 fully saturated rings. The van der Waals surface area contributed by atoms with Crippen molar-refractivity contribution in [1.29, 1.82) is 0 Å². The normalized spacial score (nSPS) is 11.4. The molecule has 0 heterocycles. The zero-order valence-corrected chi connectivity index (χ0v) is 13.2. The first-order valence-electron chi connectivity index (χ1n) is 5.92. The topological polar surface area (TPSA) is 32.7 Å². The van der Waals surface area contributed by atoms with E-state index in [0.29, 0.717) is 5.56 Å². The molecule has 3 nitrogen and oxygen atoms in total. The smallest absolute Gasteiger partial charge is 0.150 e. The summed E-state index contributed by atoms with van der Waals surface area (Å²) in [7, 11) is -1.75. The number of nitrogens with zero attached hydrogens (tertiary/aromatic N) is 2. The summed E-state index contributed by atoms with van der Waals surface area (Å²) in [6.45, 7) is 9.14. The van der Waals surface area contributed by atoms with E-state index < -0.39 is 17.9 Å². The van der Waals surface area contributed by atoms with Gasteiger partial charge in [0.15, 0.2) is 0 Å². The summed E-state index contributed by atoms with van der Waals surface area (Å²) in [5, 5.41) is 4.58. The summed E-state index contributed by atoms with van der Waals surface area (Å²) in [5.41, 5.74) is 1.69. The largest absolute Gasteiger partial charge is 0.355 e. The zero-order valence-electron chi connectivity index (χ0n) is 10.9. The molecule has 0 saturated heterocycles. The predicted octanol–water partition coefficient (Wildman–Crippen LogP) is 2.10. The molecule has 0 amide bonds. The van der Waals surface area contributed by atoms with Gasteiger partial charge in [-0.1, -0.05) is 44.4 Å². The van der Waals surface area contributed by atoms with Gasteiger partial charge in [-0.25, -0.2) is 5.10 Å². The van der Waals surface area contributed by atoms with E-state index in [-0.39, 0.29) is 0 Å². The summed E-state index contributed by atoms with van der Waals surface area (Å²) in [6, 6.07) is 7.52. The van der Waals surface area contributed by atoms with E-state index in [1.807, 2.05) is 24.4 Å².